The van der Waals surface area contributed by atoms with E-state index in [2.05, 4.69) is 6.92 Å². The van der Waals surface area contributed by atoms with Crippen LogP contribution < -0.4 is 5.73 Å². The maximum Gasteiger partial charge on any atom is 0.274 e. The third-order valence-corrected chi connectivity index (χ3v) is 13.3. The maximum absolute atomic E-state index is 12.6. The maximum atomic E-state index is 12.6. The topological polar surface area (TPSA) is 80.4 Å². The fourth-order valence-electron chi connectivity index (χ4n) is 8.06. The first-order chi connectivity index (χ1) is 24.8. The van der Waals surface area contributed by atoms with Gasteiger partial charge in [-0.3, -0.25) is 4.55 Å². The molecule has 0 heterocycles. The summed E-state index contributed by atoms with van der Waals surface area (Å²) in [5, 5.41) is 0. The van der Waals surface area contributed by atoms with Gasteiger partial charge in [0.2, 0.25) is 0 Å². The van der Waals surface area contributed by atoms with Crippen molar-refractivity contribution in [3.05, 3.63) is 34.9 Å². The molecule has 0 aliphatic rings. The molecule has 1 atom stereocenters. The number of aryl methyl sites for hydroxylation is 1. The lowest BCUT2D eigenvalue weighted by molar-refractivity contribution is 0.413. The Morgan fingerprint density at radius 1 is 0.529 bits per heavy atom. The zero-order chi connectivity index (χ0) is 37.3. The van der Waals surface area contributed by atoms with Gasteiger partial charge in [0, 0.05) is 0 Å². The van der Waals surface area contributed by atoms with Crippen LogP contribution in [0.3, 0.4) is 0 Å². The monoisotopic (exact) mass is 734 g/mol. The quantitative estimate of drug-likeness (QED) is 0.0524. The Balaban J connectivity index is 1.88. The summed E-state index contributed by atoms with van der Waals surface area (Å²) < 4.78 is 34.1. The van der Waals surface area contributed by atoms with Gasteiger partial charge in [-0.15, -0.1) is 0 Å². The summed E-state index contributed by atoms with van der Waals surface area (Å²) in [7, 11) is -4.23. The molecule has 51 heavy (non-hydrogen) atoms. The third kappa shape index (κ3) is 24.2. The van der Waals surface area contributed by atoms with Gasteiger partial charge in [0.05, 0.1) is 0 Å². The highest BCUT2D eigenvalue weighted by Gasteiger charge is 2.40. The molecule has 0 saturated heterocycles. The van der Waals surface area contributed by atoms with Crippen LogP contribution in [0.15, 0.2) is 18.2 Å². The molecule has 1 rings (SSSR count). The summed E-state index contributed by atoms with van der Waals surface area (Å²) in [5.74, 6) is 0. The molecule has 1 aromatic rings. The molecule has 1 unspecified atom stereocenters. The Morgan fingerprint density at radius 2 is 0.843 bits per heavy atom. The van der Waals surface area contributed by atoms with E-state index in [-0.39, 0.29) is 0 Å². The van der Waals surface area contributed by atoms with E-state index in [0.717, 1.165) is 48.8 Å². The molecule has 0 amide bonds. The molecule has 0 spiro atoms. The summed E-state index contributed by atoms with van der Waals surface area (Å²) in [6.45, 7) is 6.58. The highest BCUT2D eigenvalue weighted by molar-refractivity contribution is 7.86. The molecular formula is C46H87NO3S. The van der Waals surface area contributed by atoms with Gasteiger partial charge < -0.3 is 5.73 Å². The number of hydrogen-bond donors (Lipinski definition) is 2. The van der Waals surface area contributed by atoms with Gasteiger partial charge in [0.1, 0.15) is 4.75 Å². The van der Waals surface area contributed by atoms with Crippen LogP contribution >= 0.6 is 0 Å². The molecule has 0 saturated carbocycles. The molecule has 0 radical (unpaired) electrons. The highest BCUT2D eigenvalue weighted by atomic mass is 32.2. The van der Waals surface area contributed by atoms with Gasteiger partial charge in [-0.1, -0.05) is 231 Å². The van der Waals surface area contributed by atoms with E-state index in [1.165, 1.54) is 186 Å². The number of nitrogens with two attached hydrogens (primary N) is 1. The van der Waals surface area contributed by atoms with E-state index < -0.39 is 14.9 Å². The minimum Gasteiger partial charge on any atom is -0.330 e. The lowest BCUT2D eigenvalue weighted by atomic mass is 9.87. The van der Waals surface area contributed by atoms with Crippen LogP contribution in [-0.4, -0.2) is 19.5 Å². The lowest BCUT2D eigenvalue weighted by Crippen LogP contribution is -2.33. The van der Waals surface area contributed by atoms with Gasteiger partial charge in [-0.2, -0.15) is 8.42 Å². The Labute approximate surface area is 319 Å². The molecule has 1 aromatic carbocycles. The smallest absolute Gasteiger partial charge is 0.274 e. The fourth-order valence-corrected chi connectivity index (χ4v) is 8.96. The van der Waals surface area contributed by atoms with E-state index in [9.17, 15) is 13.0 Å². The van der Waals surface area contributed by atoms with E-state index >= 15 is 0 Å². The summed E-state index contributed by atoms with van der Waals surface area (Å²) in [4.78, 5) is 0. The van der Waals surface area contributed by atoms with E-state index in [0.29, 0.717) is 13.0 Å². The van der Waals surface area contributed by atoms with Gasteiger partial charge in [0.25, 0.3) is 10.1 Å². The van der Waals surface area contributed by atoms with Crippen molar-refractivity contribution in [2.45, 2.75) is 250 Å². The summed E-state index contributed by atoms with van der Waals surface area (Å²) in [6.07, 6.45) is 46.3. The average molecular weight is 734 g/mol. The van der Waals surface area contributed by atoms with Gasteiger partial charge >= 0.3 is 0 Å². The molecule has 0 bridgehead atoms. The minimum atomic E-state index is -4.23. The first-order valence-electron chi connectivity index (χ1n) is 22.5. The van der Waals surface area contributed by atoms with Crippen LogP contribution in [-0.2, 0) is 21.3 Å². The normalized spacial score (nSPS) is 13.2. The van der Waals surface area contributed by atoms with Gasteiger partial charge in [-0.05, 0) is 56.3 Å². The van der Waals surface area contributed by atoms with Crippen LogP contribution in [0, 0.1) is 6.92 Å². The first kappa shape index (κ1) is 48.1. The van der Waals surface area contributed by atoms with Gasteiger partial charge in [0.15, 0.2) is 0 Å². The van der Waals surface area contributed by atoms with Crippen molar-refractivity contribution in [1.29, 1.82) is 0 Å². The van der Waals surface area contributed by atoms with Crippen molar-refractivity contribution in [3.63, 3.8) is 0 Å². The Kier molecular flexibility index (Phi) is 30.7. The Bertz CT molecular complexity index is 1030. The fraction of sp³-hybridized carbons (Fsp3) is 0.870. The van der Waals surface area contributed by atoms with Crippen molar-refractivity contribution in [2.24, 2.45) is 5.73 Å². The Hall–Kier alpha value is -0.910. The minimum absolute atomic E-state index is 0.451. The van der Waals surface area contributed by atoms with Crippen LogP contribution in [0.2, 0.25) is 0 Å². The zero-order valence-electron chi connectivity index (χ0n) is 34.4. The number of hydrogen-bond acceptors (Lipinski definition) is 3. The number of unbranched alkanes of at least 4 members (excludes halogenated alkanes) is 31. The van der Waals surface area contributed by atoms with Crippen LogP contribution in [0.4, 0.5) is 0 Å². The zero-order valence-corrected chi connectivity index (χ0v) is 35.3. The summed E-state index contributed by atoms with van der Waals surface area (Å²) >= 11 is 0. The summed E-state index contributed by atoms with van der Waals surface area (Å²) in [6, 6.07) is 5.84. The SMILES string of the molecule is CCCCCCCCCCCCCCCCCCCCCCCCCCCCCCCCCCC(C)(c1cccc(CCCN)c1C)S(=O)(=O)O. The predicted octanol–water partition coefficient (Wildman–Crippen LogP) is 14.9. The summed E-state index contributed by atoms with van der Waals surface area (Å²) in [5.41, 5.74) is 8.53. The standard InChI is InChI=1S/C46H87NO3S/c1-4-5-6-7-8-9-10-11-12-13-14-15-16-17-18-19-20-21-22-23-24-25-26-27-28-29-30-31-32-33-34-35-41-46(3,51(48,49)50)45-40-36-38-44(43(45)2)39-37-42-47/h36,38,40H,4-35,37,39,41-42,47H2,1-3H3,(H,48,49,50). The van der Waals surface area contributed by atoms with E-state index in [1.54, 1.807) is 6.92 Å². The van der Waals surface area contributed by atoms with Crippen molar-refractivity contribution >= 4 is 10.1 Å². The second-order valence-electron chi connectivity index (χ2n) is 16.4. The van der Waals surface area contributed by atoms with E-state index in [1.807, 2.05) is 25.1 Å². The molecule has 3 N–H and O–H groups in total. The van der Waals surface area contributed by atoms with Crippen molar-refractivity contribution < 1.29 is 13.0 Å². The second-order valence-corrected chi connectivity index (χ2v) is 18.2. The number of rotatable bonds is 38. The molecule has 0 aromatic heterocycles. The van der Waals surface area contributed by atoms with Crippen molar-refractivity contribution in [3.8, 4) is 0 Å². The third-order valence-electron chi connectivity index (χ3n) is 11.7. The lowest BCUT2D eigenvalue weighted by Gasteiger charge is -2.29. The second kappa shape index (κ2) is 32.5. The predicted molar refractivity (Wildman–Crippen MR) is 225 cm³/mol. The molecular weight excluding hydrogens is 647 g/mol. The van der Waals surface area contributed by atoms with Crippen LogP contribution in [0.25, 0.3) is 0 Å². The number of benzene rings is 1. The average Bonchev–Trinajstić information content (AvgIpc) is 3.11. The van der Waals surface area contributed by atoms with Crippen molar-refractivity contribution in [2.75, 3.05) is 6.54 Å². The molecule has 5 heteroatoms. The molecule has 0 aliphatic carbocycles. The van der Waals surface area contributed by atoms with E-state index in [4.69, 9.17) is 5.73 Å². The molecule has 300 valence electrons. The molecule has 4 nitrogen and oxygen atoms in total. The first-order valence-corrected chi connectivity index (χ1v) is 24.0. The largest absolute Gasteiger partial charge is 0.330 e. The molecule has 0 fully saturated rings. The van der Waals surface area contributed by atoms with Gasteiger partial charge in [-0.25, -0.2) is 0 Å². The van der Waals surface area contributed by atoms with Crippen molar-refractivity contribution in [1.82, 2.24) is 0 Å². The van der Waals surface area contributed by atoms with Crippen LogP contribution in [0.1, 0.15) is 249 Å². The Morgan fingerprint density at radius 3 is 1.14 bits per heavy atom. The highest BCUT2D eigenvalue weighted by Crippen LogP contribution is 2.38. The van der Waals surface area contributed by atoms with Crippen LogP contribution in [0.5, 0.6) is 0 Å². The molecule has 0 aliphatic heterocycles.